The molecule has 0 amide bonds. The predicted octanol–water partition coefficient (Wildman–Crippen LogP) is 2.87. The quantitative estimate of drug-likeness (QED) is 0.796. The van der Waals surface area contributed by atoms with Crippen LogP contribution in [0.5, 0.6) is 0 Å². The fraction of sp³-hybridized carbons (Fsp3) is 0.462. The number of nitrogens with one attached hydrogen (secondary N) is 1. The van der Waals surface area contributed by atoms with Crippen LogP contribution in [0, 0.1) is 13.8 Å². The van der Waals surface area contributed by atoms with Crippen LogP contribution < -0.4 is 5.32 Å². The van der Waals surface area contributed by atoms with E-state index in [1.54, 1.807) is 0 Å². The molecule has 0 aliphatic carbocycles. The summed E-state index contributed by atoms with van der Waals surface area (Å²) in [7, 11) is 0. The van der Waals surface area contributed by atoms with Gasteiger partial charge in [0.1, 0.15) is 5.52 Å². The Hall–Kier alpha value is -1.35. The van der Waals surface area contributed by atoms with Gasteiger partial charge in [0.05, 0.1) is 6.04 Å². The van der Waals surface area contributed by atoms with Crippen LogP contribution in [0.25, 0.3) is 11.1 Å². The van der Waals surface area contributed by atoms with Gasteiger partial charge in [0.2, 0.25) is 5.89 Å². The predicted molar refractivity (Wildman–Crippen MR) is 63.5 cm³/mol. The molecule has 2 heterocycles. The summed E-state index contributed by atoms with van der Waals surface area (Å²) in [5, 5.41) is 3.41. The lowest BCUT2D eigenvalue weighted by Gasteiger charge is -2.02. The number of hydrogen-bond donors (Lipinski definition) is 1. The van der Waals surface area contributed by atoms with Crippen LogP contribution in [-0.4, -0.2) is 11.5 Å². The van der Waals surface area contributed by atoms with Crippen LogP contribution in [0.15, 0.2) is 16.5 Å². The van der Waals surface area contributed by atoms with Gasteiger partial charge in [-0.15, -0.1) is 0 Å². The largest absolute Gasteiger partial charge is 0.439 e. The topological polar surface area (TPSA) is 38.1 Å². The van der Waals surface area contributed by atoms with Gasteiger partial charge in [-0.1, -0.05) is 6.07 Å². The fourth-order valence-corrected chi connectivity index (χ4v) is 2.44. The Bertz CT molecular complexity index is 524. The molecule has 1 atom stereocenters. The first kappa shape index (κ1) is 9.85. The SMILES string of the molecule is Cc1cc(C)c2oc([C@@H]3CCCN3)nc2c1. The monoisotopic (exact) mass is 216 g/mol. The smallest absolute Gasteiger partial charge is 0.212 e. The summed E-state index contributed by atoms with van der Waals surface area (Å²) < 4.78 is 5.86. The van der Waals surface area contributed by atoms with Crippen LogP contribution >= 0.6 is 0 Å². The molecule has 2 aromatic rings. The molecule has 1 aliphatic rings. The first-order valence-electron chi connectivity index (χ1n) is 5.85. The highest BCUT2D eigenvalue weighted by Gasteiger charge is 2.22. The van der Waals surface area contributed by atoms with Crippen molar-refractivity contribution in [3.05, 3.63) is 29.2 Å². The second-order valence-corrected chi connectivity index (χ2v) is 4.63. The molecule has 0 saturated carbocycles. The number of aromatic nitrogens is 1. The van der Waals surface area contributed by atoms with Crippen molar-refractivity contribution in [2.75, 3.05) is 6.54 Å². The zero-order valence-corrected chi connectivity index (χ0v) is 9.71. The van der Waals surface area contributed by atoms with E-state index in [1.807, 2.05) is 0 Å². The summed E-state index contributed by atoms with van der Waals surface area (Å²) in [6.45, 7) is 5.24. The number of fused-ring (bicyclic) bond motifs is 1. The second kappa shape index (κ2) is 3.59. The van der Waals surface area contributed by atoms with Gasteiger partial charge < -0.3 is 9.73 Å². The molecule has 0 bridgehead atoms. The van der Waals surface area contributed by atoms with E-state index in [9.17, 15) is 0 Å². The summed E-state index contributed by atoms with van der Waals surface area (Å²) in [6, 6.07) is 4.54. The van der Waals surface area contributed by atoms with Gasteiger partial charge >= 0.3 is 0 Å². The lowest BCUT2D eigenvalue weighted by molar-refractivity contribution is 0.451. The number of aryl methyl sites for hydroxylation is 2. The van der Waals surface area contributed by atoms with E-state index in [2.05, 4.69) is 36.3 Å². The molecule has 0 radical (unpaired) electrons. The van der Waals surface area contributed by atoms with Crippen molar-refractivity contribution in [1.82, 2.24) is 10.3 Å². The molecule has 84 valence electrons. The minimum Gasteiger partial charge on any atom is -0.439 e. The van der Waals surface area contributed by atoms with Gasteiger partial charge in [0.25, 0.3) is 0 Å². The van der Waals surface area contributed by atoms with Gasteiger partial charge in [-0.2, -0.15) is 0 Å². The molecule has 0 spiro atoms. The molecular formula is C13H16N2O. The highest BCUT2D eigenvalue weighted by molar-refractivity contribution is 5.77. The Kier molecular flexibility index (Phi) is 2.21. The average Bonchev–Trinajstić information content (AvgIpc) is 2.82. The van der Waals surface area contributed by atoms with Gasteiger partial charge in [-0.3, -0.25) is 0 Å². The highest BCUT2D eigenvalue weighted by atomic mass is 16.3. The lowest BCUT2D eigenvalue weighted by atomic mass is 10.1. The molecule has 1 N–H and O–H groups in total. The van der Waals surface area contributed by atoms with E-state index < -0.39 is 0 Å². The van der Waals surface area contributed by atoms with E-state index in [-0.39, 0.29) is 0 Å². The zero-order chi connectivity index (χ0) is 11.1. The van der Waals surface area contributed by atoms with Gasteiger partial charge in [0.15, 0.2) is 5.58 Å². The number of nitrogens with zero attached hydrogens (tertiary/aromatic N) is 1. The Morgan fingerprint density at radius 3 is 3.00 bits per heavy atom. The third kappa shape index (κ3) is 1.52. The van der Waals surface area contributed by atoms with Crippen molar-refractivity contribution in [2.45, 2.75) is 32.7 Å². The summed E-state index contributed by atoms with van der Waals surface area (Å²) in [6.07, 6.45) is 2.34. The molecular weight excluding hydrogens is 200 g/mol. The lowest BCUT2D eigenvalue weighted by Crippen LogP contribution is -2.12. The molecule has 1 fully saturated rings. The maximum Gasteiger partial charge on any atom is 0.212 e. The van der Waals surface area contributed by atoms with E-state index >= 15 is 0 Å². The van der Waals surface area contributed by atoms with Crippen molar-refractivity contribution in [1.29, 1.82) is 0 Å². The minimum atomic E-state index is 0.312. The maximum atomic E-state index is 5.86. The molecule has 3 heteroatoms. The number of hydrogen-bond acceptors (Lipinski definition) is 3. The standard InChI is InChI=1S/C13H16N2O/c1-8-6-9(2)12-11(7-8)15-13(16-12)10-4-3-5-14-10/h6-7,10,14H,3-5H2,1-2H3/t10-/m0/s1. The van der Waals surface area contributed by atoms with E-state index in [1.165, 1.54) is 17.5 Å². The highest BCUT2D eigenvalue weighted by Crippen LogP contribution is 2.28. The van der Waals surface area contributed by atoms with E-state index in [0.717, 1.165) is 30.0 Å². The third-order valence-electron chi connectivity index (χ3n) is 3.20. The van der Waals surface area contributed by atoms with Crippen LogP contribution in [0.2, 0.25) is 0 Å². The summed E-state index contributed by atoms with van der Waals surface area (Å²) in [5.41, 5.74) is 4.34. The molecule has 1 aliphatic heterocycles. The normalized spacial score (nSPS) is 20.8. The Morgan fingerprint density at radius 2 is 2.25 bits per heavy atom. The van der Waals surface area contributed by atoms with Crippen LogP contribution in [0.4, 0.5) is 0 Å². The fourth-order valence-electron chi connectivity index (χ4n) is 2.44. The summed E-state index contributed by atoms with van der Waals surface area (Å²) >= 11 is 0. The number of rotatable bonds is 1. The Balaban J connectivity index is 2.11. The van der Waals surface area contributed by atoms with Crippen molar-refractivity contribution in [2.24, 2.45) is 0 Å². The first-order valence-corrected chi connectivity index (χ1v) is 5.85. The van der Waals surface area contributed by atoms with Crippen LogP contribution in [0.1, 0.15) is 35.9 Å². The average molecular weight is 216 g/mol. The van der Waals surface area contributed by atoms with Gasteiger partial charge in [-0.05, 0) is 50.4 Å². The van der Waals surface area contributed by atoms with E-state index in [0.29, 0.717) is 6.04 Å². The van der Waals surface area contributed by atoms with E-state index in [4.69, 9.17) is 4.42 Å². The first-order chi connectivity index (χ1) is 7.74. The van der Waals surface area contributed by atoms with Crippen molar-refractivity contribution in [3.8, 4) is 0 Å². The molecule has 16 heavy (non-hydrogen) atoms. The molecule has 1 aromatic carbocycles. The minimum absolute atomic E-state index is 0.312. The summed E-state index contributed by atoms with van der Waals surface area (Å²) in [4.78, 5) is 4.59. The Labute approximate surface area is 94.9 Å². The molecule has 1 saturated heterocycles. The third-order valence-corrected chi connectivity index (χ3v) is 3.20. The summed E-state index contributed by atoms with van der Waals surface area (Å²) in [5.74, 6) is 0.848. The molecule has 3 nitrogen and oxygen atoms in total. The van der Waals surface area contributed by atoms with Crippen molar-refractivity contribution >= 4 is 11.1 Å². The van der Waals surface area contributed by atoms with Crippen LogP contribution in [-0.2, 0) is 0 Å². The maximum absolute atomic E-state index is 5.86. The second-order valence-electron chi connectivity index (χ2n) is 4.63. The van der Waals surface area contributed by atoms with Crippen LogP contribution in [0.3, 0.4) is 0 Å². The van der Waals surface area contributed by atoms with Gasteiger partial charge in [-0.25, -0.2) is 4.98 Å². The molecule has 3 rings (SSSR count). The zero-order valence-electron chi connectivity index (χ0n) is 9.71. The molecule has 0 unspecified atom stereocenters. The molecule has 1 aromatic heterocycles. The van der Waals surface area contributed by atoms with Gasteiger partial charge in [0, 0.05) is 0 Å². The number of benzene rings is 1. The number of oxazole rings is 1. The van der Waals surface area contributed by atoms with Crippen molar-refractivity contribution in [3.63, 3.8) is 0 Å². The van der Waals surface area contributed by atoms with Crippen molar-refractivity contribution < 1.29 is 4.42 Å². The Morgan fingerprint density at radius 1 is 1.38 bits per heavy atom.